The van der Waals surface area contributed by atoms with Gasteiger partial charge in [0, 0.05) is 50.0 Å². The Bertz CT molecular complexity index is 4960. The molecule has 82 heavy (non-hydrogen) atoms. The van der Waals surface area contributed by atoms with Crippen molar-refractivity contribution in [2.75, 3.05) is 9.80 Å². The molecule has 0 saturated heterocycles. The molecule has 1 heterocycles. The minimum atomic E-state index is -0.299. The van der Waals surface area contributed by atoms with E-state index in [9.17, 15) is 0 Å². The molecule has 1 aliphatic rings. The molecule has 0 atom stereocenters. The Kier molecular flexibility index (Phi) is 10.9. The number of furan rings is 1. The molecule has 0 N–H and O–H groups in total. The maximum atomic E-state index is 6.15. The number of para-hydroxylation sites is 2. The molecule has 0 amide bonds. The molecule has 3 nitrogen and oxygen atoms in total. The van der Waals surface area contributed by atoms with Crippen LogP contribution in [0.1, 0.15) is 25.0 Å². The molecule has 0 aliphatic heterocycles. The number of anilines is 6. The van der Waals surface area contributed by atoms with Crippen LogP contribution >= 0.6 is 0 Å². The molecule has 0 fully saturated rings. The molecule has 0 saturated carbocycles. The van der Waals surface area contributed by atoms with Crippen molar-refractivity contribution in [3.8, 4) is 44.5 Å². The Balaban J connectivity index is 0.775. The van der Waals surface area contributed by atoms with Crippen molar-refractivity contribution in [1.29, 1.82) is 0 Å². The van der Waals surface area contributed by atoms with Gasteiger partial charge in [0.2, 0.25) is 0 Å². The largest absolute Gasteiger partial charge is 0.456 e. The van der Waals surface area contributed by atoms with E-state index >= 15 is 0 Å². The topological polar surface area (TPSA) is 19.6 Å². The molecule has 3 heteroatoms. The average Bonchev–Trinajstić information content (AvgIpc) is 3.45. The fraction of sp³-hybridized carbons (Fsp3) is 0.0380. The maximum Gasteiger partial charge on any atom is 0.135 e. The molecule has 1 aromatic heterocycles. The van der Waals surface area contributed by atoms with Crippen molar-refractivity contribution in [2.24, 2.45) is 0 Å². The van der Waals surface area contributed by atoms with Gasteiger partial charge in [-0.15, -0.1) is 0 Å². The number of nitrogens with zero attached hydrogens (tertiary/aromatic N) is 2. The van der Waals surface area contributed by atoms with Gasteiger partial charge in [-0.25, -0.2) is 0 Å². The molecule has 15 aromatic rings. The standard InChI is InChI=1S/C79H54N2O/c1-79(2)74-49-61(41-44-69(74)70-45-42-62(50-75(70)79)81(58-17-4-3-5-18-58)76-25-14-16-55-15-6-7-19-63(55)76)80(60-39-33-54(34-40-60)56-35-43-68-66-22-9-8-20-64(66)65-21-10-11-23-67(65)72(68)47-56)59-37-31-52(32-38-59)51-27-29-53(30-28-51)57-36-46-78-73(48-57)71-24-12-13-26-77(71)82-78/h3-50H,1-2H3. The number of hydrogen-bond donors (Lipinski definition) is 0. The predicted molar refractivity (Wildman–Crippen MR) is 347 cm³/mol. The summed E-state index contributed by atoms with van der Waals surface area (Å²) in [5.74, 6) is 0. The monoisotopic (exact) mass is 1050 g/mol. The highest BCUT2D eigenvalue weighted by Crippen LogP contribution is 2.53. The van der Waals surface area contributed by atoms with Crippen LogP contribution in [0, 0.1) is 0 Å². The van der Waals surface area contributed by atoms with Gasteiger partial charge in [0.1, 0.15) is 11.2 Å². The van der Waals surface area contributed by atoms with Crippen molar-refractivity contribution in [1.82, 2.24) is 0 Å². The van der Waals surface area contributed by atoms with Crippen LogP contribution in [0.3, 0.4) is 0 Å². The second-order valence-corrected chi connectivity index (χ2v) is 22.4. The summed E-state index contributed by atoms with van der Waals surface area (Å²) in [5, 5.41) is 12.4. The molecule has 0 spiro atoms. The molecule has 0 radical (unpaired) electrons. The third-order valence-corrected chi connectivity index (χ3v) is 17.4. The van der Waals surface area contributed by atoms with Crippen LogP contribution < -0.4 is 9.80 Å². The van der Waals surface area contributed by atoms with Crippen LogP contribution in [0.4, 0.5) is 34.1 Å². The Morgan fingerprint density at radius 3 is 1.27 bits per heavy atom. The van der Waals surface area contributed by atoms with Crippen LogP contribution in [0.5, 0.6) is 0 Å². The maximum absolute atomic E-state index is 6.15. The summed E-state index contributed by atoms with van der Waals surface area (Å²) in [6.07, 6.45) is 0. The Morgan fingerprint density at radius 2 is 0.659 bits per heavy atom. The highest BCUT2D eigenvalue weighted by molar-refractivity contribution is 6.25. The van der Waals surface area contributed by atoms with Crippen molar-refractivity contribution in [2.45, 2.75) is 19.3 Å². The lowest BCUT2D eigenvalue weighted by atomic mass is 9.82. The first-order chi connectivity index (χ1) is 40.4. The van der Waals surface area contributed by atoms with E-state index in [1.165, 1.54) is 93.2 Å². The highest BCUT2D eigenvalue weighted by Gasteiger charge is 2.37. The molecule has 0 unspecified atom stereocenters. The van der Waals surface area contributed by atoms with E-state index in [0.29, 0.717) is 0 Å². The van der Waals surface area contributed by atoms with Gasteiger partial charge in [0.25, 0.3) is 0 Å². The van der Waals surface area contributed by atoms with Gasteiger partial charge >= 0.3 is 0 Å². The average molecular weight is 1050 g/mol. The summed E-state index contributed by atoms with van der Waals surface area (Å²) in [6, 6.07) is 107. The van der Waals surface area contributed by atoms with E-state index in [-0.39, 0.29) is 5.41 Å². The van der Waals surface area contributed by atoms with E-state index in [0.717, 1.165) is 61.6 Å². The lowest BCUT2D eigenvalue weighted by Gasteiger charge is -2.29. The first kappa shape index (κ1) is 47.5. The molecule has 14 aromatic carbocycles. The van der Waals surface area contributed by atoms with Crippen molar-refractivity contribution >= 4 is 99.2 Å². The second kappa shape index (κ2) is 18.8. The van der Waals surface area contributed by atoms with Crippen LogP contribution in [-0.2, 0) is 5.41 Å². The van der Waals surface area contributed by atoms with E-state index in [1.54, 1.807) is 0 Å². The fourth-order valence-electron chi connectivity index (χ4n) is 13.3. The van der Waals surface area contributed by atoms with Crippen molar-refractivity contribution < 1.29 is 4.42 Å². The fourth-order valence-corrected chi connectivity index (χ4v) is 13.3. The number of hydrogen-bond acceptors (Lipinski definition) is 3. The zero-order chi connectivity index (χ0) is 54.5. The molecule has 1 aliphatic carbocycles. The number of fused-ring (bicyclic) bond motifs is 13. The summed E-state index contributed by atoms with van der Waals surface area (Å²) in [4.78, 5) is 4.84. The molecule has 16 rings (SSSR count). The highest BCUT2D eigenvalue weighted by atomic mass is 16.3. The number of benzene rings is 14. The summed E-state index contributed by atoms with van der Waals surface area (Å²) in [7, 11) is 0. The Morgan fingerprint density at radius 1 is 0.256 bits per heavy atom. The number of rotatable bonds is 9. The summed E-state index contributed by atoms with van der Waals surface area (Å²) < 4.78 is 6.15. The quantitative estimate of drug-likeness (QED) is 0.134. The predicted octanol–water partition coefficient (Wildman–Crippen LogP) is 22.4. The van der Waals surface area contributed by atoms with E-state index in [4.69, 9.17) is 4.42 Å². The lowest BCUT2D eigenvalue weighted by molar-refractivity contribution is 0.660. The van der Waals surface area contributed by atoms with E-state index in [1.807, 2.05) is 12.1 Å². The van der Waals surface area contributed by atoms with Gasteiger partial charge < -0.3 is 14.2 Å². The van der Waals surface area contributed by atoms with E-state index in [2.05, 4.69) is 303 Å². The van der Waals surface area contributed by atoms with Crippen LogP contribution in [0.2, 0.25) is 0 Å². The van der Waals surface area contributed by atoms with Crippen LogP contribution in [0.15, 0.2) is 296 Å². The molecular weight excluding hydrogens is 993 g/mol. The third kappa shape index (κ3) is 7.73. The first-order valence-corrected chi connectivity index (χ1v) is 28.4. The zero-order valence-electron chi connectivity index (χ0n) is 45.5. The molecule has 386 valence electrons. The summed E-state index contributed by atoms with van der Waals surface area (Å²) in [6.45, 7) is 4.78. The lowest BCUT2D eigenvalue weighted by Crippen LogP contribution is -2.17. The Labute approximate surface area is 476 Å². The van der Waals surface area contributed by atoms with Gasteiger partial charge in [-0.2, -0.15) is 0 Å². The SMILES string of the molecule is CC1(C)c2cc(N(c3ccc(-c4ccc(-c5ccc6oc7ccccc7c6c5)cc4)cc3)c3ccc(-c4ccc5c6ccccc6c6ccccc6c5c4)cc3)ccc2-c2ccc(N(c3ccccc3)c3cccc4ccccc34)cc21. The zero-order valence-corrected chi connectivity index (χ0v) is 45.5. The second-order valence-electron chi connectivity index (χ2n) is 22.4. The first-order valence-electron chi connectivity index (χ1n) is 28.4. The minimum absolute atomic E-state index is 0.299. The van der Waals surface area contributed by atoms with Crippen LogP contribution in [-0.4, -0.2) is 0 Å². The van der Waals surface area contributed by atoms with Gasteiger partial charge in [0.15, 0.2) is 0 Å². The third-order valence-electron chi connectivity index (χ3n) is 17.4. The Hall–Kier alpha value is -10.5. The van der Waals surface area contributed by atoms with Gasteiger partial charge in [-0.05, 0) is 184 Å². The smallest absolute Gasteiger partial charge is 0.135 e. The van der Waals surface area contributed by atoms with E-state index < -0.39 is 0 Å². The van der Waals surface area contributed by atoms with Gasteiger partial charge in [-0.3, -0.25) is 0 Å². The van der Waals surface area contributed by atoms with Crippen molar-refractivity contribution in [3.63, 3.8) is 0 Å². The summed E-state index contributed by atoms with van der Waals surface area (Å²) in [5.41, 5.74) is 20.4. The van der Waals surface area contributed by atoms with Crippen molar-refractivity contribution in [3.05, 3.63) is 302 Å². The normalized spacial score (nSPS) is 12.6. The minimum Gasteiger partial charge on any atom is -0.456 e. The molecule has 0 bridgehead atoms. The summed E-state index contributed by atoms with van der Waals surface area (Å²) >= 11 is 0. The molecular formula is C79H54N2O. The van der Waals surface area contributed by atoms with Gasteiger partial charge in [0.05, 0.1) is 5.69 Å². The van der Waals surface area contributed by atoms with Gasteiger partial charge in [-0.1, -0.05) is 214 Å². The van der Waals surface area contributed by atoms with Crippen LogP contribution in [0.25, 0.3) is 110 Å².